The molecule has 6 rings (SSSR count). The molecule has 0 bridgehead atoms. The summed E-state index contributed by atoms with van der Waals surface area (Å²) in [5, 5.41) is 5.13. The Balaban J connectivity index is 1.30. The van der Waals surface area contributed by atoms with E-state index in [-0.39, 0.29) is 17.0 Å². The molecule has 2 aromatic carbocycles. The predicted molar refractivity (Wildman–Crippen MR) is 182 cm³/mol. The molecule has 1 amide bonds. The van der Waals surface area contributed by atoms with Gasteiger partial charge in [-0.2, -0.15) is 5.10 Å². The molecule has 8 heteroatoms. The molecule has 0 saturated carbocycles. The Labute approximate surface area is 268 Å². The van der Waals surface area contributed by atoms with E-state index >= 15 is 0 Å². The zero-order valence-corrected chi connectivity index (χ0v) is 28.8. The highest BCUT2D eigenvalue weighted by atomic mass is 28.4. The molecule has 7 nitrogen and oxygen atoms in total. The van der Waals surface area contributed by atoms with Crippen LogP contribution in [0.25, 0.3) is 22.4 Å². The molecule has 0 aliphatic carbocycles. The number of ether oxygens (including phenoxy) is 1. The van der Waals surface area contributed by atoms with E-state index in [1.54, 1.807) is 12.4 Å². The van der Waals surface area contributed by atoms with Crippen molar-refractivity contribution in [2.75, 3.05) is 19.7 Å². The Hall–Kier alpha value is -3.75. The van der Waals surface area contributed by atoms with Crippen LogP contribution in [0.4, 0.5) is 0 Å². The van der Waals surface area contributed by atoms with Crippen molar-refractivity contribution in [1.82, 2.24) is 19.7 Å². The Morgan fingerprint density at radius 1 is 1.00 bits per heavy atom. The highest BCUT2D eigenvalue weighted by Gasteiger charge is 2.38. The molecule has 0 saturated heterocycles. The summed E-state index contributed by atoms with van der Waals surface area (Å²) in [7, 11) is -1.91. The summed E-state index contributed by atoms with van der Waals surface area (Å²) in [5.41, 5.74) is 7.95. The number of nitrogens with zero attached hydrogens (tertiary/aromatic N) is 4. The minimum absolute atomic E-state index is 0.00164. The van der Waals surface area contributed by atoms with Crippen LogP contribution in [0.5, 0.6) is 5.75 Å². The Bertz CT molecular complexity index is 1670. The molecule has 0 radical (unpaired) electrons. The number of amides is 1. The highest BCUT2D eigenvalue weighted by molar-refractivity contribution is 6.74. The first kappa shape index (κ1) is 31.2. The molecule has 4 heterocycles. The van der Waals surface area contributed by atoms with Gasteiger partial charge in [0.25, 0.3) is 5.91 Å². The van der Waals surface area contributed by atoms with Crippen molar-refractivity contribution < 1.29 is 14.0 Å². The summed E-state index contributed by atoms with van der Waals surface area (Å²) in [4.78, 5) is 20.3. The van der Waals surface area contributed by atoms with Crippen LogP contribution in [0, 0.1) is 0 Å². The summed E-state index contributed by atoms with van der Waals surface area (Å²) >= 11 is 0. The van der Waals surface area contributed by atoms with E-state index in [2.05, 4.69) is 95.2 Å². The summed E-state index contributed by atoms with van der Waals surface area (Å²) in [6, 6.07) is 19.1. The molecule has 45 heavy (non-hydrogen) atoms. The molecule has 4 aromatic rings. The first-order valence-corrected chi connectivity index (χ1v) is 19.2. The van der Waals surface area contributed by atoms with Gasteiger partial charge in [0.15, 0.2) is 8.32 Å². The molecular formula is C37H46N4O3Si. The minimum Gasteiger partial charge on any atom is -0.485 e. The molecule has 0 fully saturated rings. The van der Waals surface area contributed by atoms with Gasteiger partial charge in [0.2, 0.25) is 0 Å². The van der Waals surface area contributed by atoms with E-state index in [1.165, 1.54) is 11.1 Å². The second-order valence-electron chi connectivity index (χ2n) is 14.2. The summed E-state index contributed by atoms with van der Waals surface area (Å²) in [6.45, 7) is 18.0. The summed E-state index contributed by atoms with van der Waals surface area (Å²) < 4.78 is 14.9. The first-order valence-electron chi connectivity index (χ1n) is 16.3. The van der Waals surface area contributed by atoms with Crippen LogP contribution in [0.1, 0.15) is 80.2 Å². The Kier molecular flexibility index (Phi) is 8.48. The Morgan fingerprint density at radius 3 is 2.42 bits per heavy atom. The van der Waals surface area contributed by atoms with Gasteiger partial charge < -0.3 is 14.1 Å². The third-order valence-electron chi connectivity index (χ3n) is 9.88. The van der Waals surface area contributed by atoms with Crippen LogP contribution < -0.4 is 4.74 Å². The average molecular weight is 623 g/mol. The van der Waals surface area contributed by atoms with Gasteiger partial charge in [-0.1, -0.05) is 65.0 Å². The van der Waals surface area contributed by atoms with Crippen LogP contribution in [-0.2, 0) is 17.4 Å². The lowest BCUT2D eigenvalue weighted by Crippen LogP contribution is -2.46. The smallest absolute Gasteiger partial charge is 0.272 e. The van der Waals surface area contributed by atoms with Gasteiger partial charge in [-0.25, -0.2) is 0 Å². The predicted octanol–water partition coefficient (Wildman–Crippen LogP) is 8.28. The average Bonchev–Trinajstić information content (AvgIpc) is 3.42. The van der Waals surface area contributed by atoms with Gasteiger partial charge >= 0.3 is 0 Å². The number of hydrogen-bond donors (Lipinski definition) is 0. The zero-order valence-electron chi connectivity index (χ0n) is 27.8. The van der Waals surface area contributed by atoms with Gasteiger partial charge in [0.1, 0.15) is 23.2 Å². The molecule has 1 atom stereocenters. The fourth-order valence-electron chi connectivity index (χ4n) is 6.01. The number of benzene rings is 2. The van der Waals surface area contributed by atoms with Crippen molar-refractivity contribution >= 4 is 14.2 Å². The molecule has 0 N–H and O–H groups in total. The lowest BCUT2D eigenvalue weighted by Gasteiger charge is -2.37. The second-order valence-corrected chi connectivity index (χ2v) is 19.0. The maximum absolute atomic E-state index is 14.1. The standard InChI is InChI=1S/C37H46N4O3Si/c1-25(2)26-8-10-27(11-9-26)31-14-12-29-24-30(13-15-32(29)44-31)33-34(28-16-18-38-19-17-28)39-41-21-20-40(36(42)35(33)41)22-23-43-45(6,7)37(3,4)5/h8-11,13,15-19,24-25,31H,12,14,20-23H2,1-7H3. The van der Waals surface area contributed by atoms with Crippen LogP contribution in [0.15, 0.2) is 67.0 Å². The topological polar surface area (TPSA) is 69.5 Å². The summed E-state index contributed by atoms with van der Waals surface area (Å²) in [6.07, 6.45) is 5.39. The van der Waals surface area contributed by atoms with Crippen LogP contribution in [0.2, 0.25) is 18.1 Å². The lowest BCUT2D eigenvalue weighted by molar-refractivity contribution is 0.0666. The quantitative estimate of drug-likeness (QED) is 0.185. The van der Waals surface area contributed by atoms with E-state index in [0.29, 0.717) is 37.9 Å². The molecular weight excluding hydrogens is 577 g/mol. The molecule has 2 aromatic heterocycles. The summed E-state index contributed by atoms with van der Waals surface area (Å²) in [5.74, 6) is 1.42. The van der Waals surface area contributed by atoms with Crippen molar-refractivity contribution in [2.45, 2.75) is 84.2 Å². The van der Waals surface area contributed by atoms with Crippen molar-refractivity contribution in [3.63, 3.8) is 0 Å². The largest absolute Gasteiger partial charge is 0.485 e. The monoisotopic (exact) mass is 622 g/mol. The zero-order chi connectivity index (χ0) is 31.9. The molecule has 2 aliphatic rings. The number of rotatable bonds is 8. The van der Waals surface area contributed by atoms with Gasteiger partial charge in [0.05, 0.1) is 13.2 Å². The third-order valence-corrected chi connectivity index (χ3v) is 14.4. The van der Waals surface area contributed by atoms with Gasteiger partial charge in [-0.05, 0) is 83.4 Å². The van der Waals surface area contributed by atoms with E-state index in [0.717, 1.165) is 46.5 Å². The van der Waals surface area contributed by atoms with Gasteiger partial charge in [0, 0.05) is 36.6 Å². The molecule has 0 spiro atoms. The lowest BCUT2D eigenvalue weighted by atomic mass is 9.92. The van der Waals surface area contributed by atoms with E-state index in [4.69, 9.17) is 14.3 Å². The minimum atomic E-state index is -1.91. The maximum atomic E-state index is 14.1. The molecule has 236 valence electrons. The van der Waals surface area contributed by atoms with Crippen molar-refractivity contribution in [3.05, 3.63) is 89.4 Å². The van der Waals surface area contributed by atoms with Crippen molar-refractivity contribution in [3.8, 4) is 28.1 Å². The Morgan fingerprint density at radius 2 is 1.73 bits per heavy atom. The molecule has 2 aliphatic heterocycles. The fraction of sp³-hybridized carbons (Fsp3) is 0.432. The van der Waals surface area contributed by atoms with E-state index < -0.39 is 8.32 Å². The van der Waals surface area contributed by atoms with Crippen LogP contribution in [0.3, 0.4) is 0 Å². The number of carbonyl (C=O) groups is 1. The fourth-order valence-corrected chi connectivity index (χ4v) is 7.04. The number of pyridine rings is 1. The van der Waals surface area contributed by atoms with Crippen LogP contribution >= 0.6 is 0 Å². The number of hydrogen-bond acceptors (Lipinski definition) is 5. The third kappa shape index (κ3) is 6.23. The van der Waals surface area contributed by atoms with Gasteiger partial charge in [-0.15, -0.1) is 0 Å². The highest BCUT2D eigenvalue weighted by Crippen LogP contribution is 2.42. The first-order chi connectivity index (χ1) is 21.4. The second kappa shape index (κ2) is 12.2. The van der Waals surface area contributed by atoms with Crippen LogP contribution in [-0.4, -0.2) is 53.6 Å². The normalized spacial score (nSPS) is 16.8. The number of aryl methyl sites for hydroxylation is 1. The number of fused-ring (bicyclic) bond motifs is 2. The molecule has 1 unspecified atom stereocenters. The van der Waals surface area contributed by atoms with E-state index in [9.17, 15) is 4.79 Å². The number of carbonyl (C=O) groups excluding carboxylic acids is 1. The van der Waals surface area contributed by atoms with Crippen molar-refractivity contribution in [2.24, 2.45) is 0 Å². The van der Waals surface area contributed by atoms with Crippen molar-refractivity contribution in [1.29, 1.82) is 0 Å². The maximum Gasteiger partial charge on any atom is 0.272 e. The SMILES string of the molecule is CC(C)c1ccc(C2CCc3cc(-c4c(-c5ccncc5)nn5c4C(=O)N(CCO[Si](C)(C)C(C)(C)C)CC5)ccc3O2)cc1. The number of aromatic nitrogens is 3. The van der Waals surface area contributed by atoms with Gasteiger partial charge in [-0.3, -0.25) is 14.5 Å². The van der Waals surface area contributed by atoms with E-state index in [1.807, 2.05) is 21.7 Å².